The fourth-order valence-corrected chi connectivity index (χ4v) is 3.16. The molecule has 0 bridgehead atoms. The van der Waals surface area contributed by atoms with E-state index in [4.69, 9.17) is 4.74 Å². The summed E-state index contributed by atoms with van der Waals surface area (Å²) in [5, 5.41) is 0. The molecule has 0 N–H and O–H groups in total. The molecule has 1 saturated heterocycles. The average molecular weight is 339 g/mol. The van der Waals surface area contributed by atoms with Gasteiger partial charge in [0.15, 0.2) is 6.61 Å². The molecule has 0 radical (unpaired) electrons. The fourth-order valence-electron chi connectivity index (χ4n) is 3.16. The summed E-state index contributed by atoms with van der Waals surface area (Å²) < 4.78 is 5.79. The minimum absolute atomic E-state index is 0.0590. The van der Waals surface area contributed by atoms with Gasteiger partial charge in [0.1, 0.15) is 5.75 Å². The van der Waals surface area contributed by atoms with Crippen LogP contribution in [-0.2, 0) is 11.3 Å². The maximum atomic E-state index is 12.4. The van der Waals surface area contributed by atoms with Crippen molar-refractivity contribution in [3.63, 3.8) is 0 Å². The number of carbonyl (C=O) groups excluding carboxylic acids is 1. The molecule has 1 aromatic heterocycles. The molecule has 1 fully saturated rings. The van der Waals surface area contributed by atoms with Gasteiger partial charge in [0, 0.05) is 45.1 Å². The molecule has 2 aromatic rings. The van der Waals surface area contributed by atoms with Crippen molar-refractivity contribution in [3.8, 4) is 5.75 Å². The molecule has 0 saturated carbocycles. The minimum atomic E-state index is 0.0590. The zero-order valence-electron chi connectivity index (χ0n) is 14.9. The highest BCUT2D eigenvalue weighted by molar-refractivity contribution is 5.78. The number of carbonyl (C=O) groups is 1. The number of aromatic nitrogens is 1. The first-order valence-electron chi connectivity index (χ1n) is 8.71. The van der Waals surface area contributed by atoms with Crippen LogP contribution in [0, 0.1) is 13.8 Å². The highest BCUT2D eigenvalue weighted by atomic mass is 16.5. The van der Waals surface area contributed by atoms with E-state index < -0.39 is 0 Å². The van der Waals surface area contributed by atoms with Crippen LogP contribution in [0.4, 0.5) is 0 Å². The van der Waals surface area contributed by atoms with E-state index in [0.717, 1.165) is 49.6 Å². The third kappa shape index (κ3) is 4.57. The molecule has 1 aliphatic rings. The average Bonchev–Trinajstić information content (AvgIpc) is 2.62. The largest absolute Gasteiger partial charge is 0.483 e. The number of rotatable bonds is 5. The van der Waals surface area contributed by atoms with E-state index in [1.54, 1.807) is 6.20 Å². The number of aryl methyl sites for hydroxylation is 2. The first-order valence-corrected chi connectivity index (χ1v) is 8.71. The Morgan fingerprint density at radius 3 is 2.44 bits per heavy atom. The zero-order chi connectivity index (χ0) is 17.6. The van der Waals surface area contributed by atoms with Gasteiger partial charge in [0.2, 0.25) is 0 Å². The molecular formula is C20H25N3O2. The van der Waals surface area contributed by atoms with Crippen molar-refractivity contribution in [1.82, 2.24) is 14.8 Å². The first kappa shape index (κ1) is 17.4. The summed E-state index contributed by atoms with van der Waals surface area (Å²) in [6, 6.07) is 10.1. The lowest BCUT2D eigenvalue weighted by Crippen LogP contribution is -2.49. The Balaban J connectivity index is 1.47. The number of pyridine rings is 1. The van der Waals surface area contributed by atoms with Crippen molar-refractivity contribution in [1.29, 1.82) is 0 Å². The fraction of sp³-hybridized carbons (Fsp3) is 0.400. The van der Waals surface area contributed by atoms with E-state index in [9.17, 15) is 4.79 Å². The van der Waals surface area contributed by atoms with E-state index in [-0.39, 0.29) is 12.5 Å². The van der Waals surface area contributed by atoms with Gasteiger partial charge in [-0.1, -0.05) is 24.3 Å². The van der Waals surface area contributed by atoms with E-state index in [1.807, 2.05) is 49.2 Å². The van der Waals surface area contributed by atoms with Gasteiger partial charge >= 0.3 is 0 Å². The van der Waals surface area contributed by atoms with Crippen LogP contribution in [0.1, 0.15) is 16.7 Å². The Morgan fingerprint density at radius 2 is 1.80 bits per heavy atom. The quantitative estimate of drug-likeness (QED) is 0.839. The van der Waals surface area contributed by atoms with Crippen molar-refractivity contribution >= 4 is 5.91 Å². The summed E-state index contributed by atoms with van der Waals surface area (Å²) in [6.45, 7) is 8.25. The highest BCUT2D eigenvalue weighted by Crippen LogP contribution is 2.22. The van der Waals surface area contributed by atoms with Crippen molar-refractivity contribution < 1.29 is 9.53 Å². The van der Waals surface area contributed by atoms with E-state index in [0.29, 0.717) is 0 Å². The number of piperazine rings is 1. The molecule has 5 nitrogen and oxygen atoms in total. The summed E-state index contributed by atoms with van der Waals surface area (Å²) >= 11 is 0. The second-order valence-electron chi connectivity index (χ2n) is 6.53. The van der Waals surface area contributed by atoms with Crippen molar-refractivity contribution in [2.24, 2.45) is 0 Å². The maximum absolute atomic E-state index is 12.4. The lowest BCUT2D eigenvalue weighted by Gasteiger charge is -2.34. The predicted octanol–water partition coefficient (Wildman–Crippen LogP) is 2.42. The summed E-state index contributed by atoms with van der Waals surface area (Å²) in [6.07, 6.45) is 3.69. The zero-order valence-corrected chi connectivity index (χ0v) is 14.9. The van der Waals surface area contributed by atoms with Crippen molar-refractivity contribution in [2.45, 2.75) is 20.4 Å². The van der Waals surface area contributed by atoms with Gasteiger partial charge in [-0.2, -0.15) is 0 Å². The highest BCUT2D eigenvalue weighted by Gasteiger charge is 2.21. The molecule has 3 rings (SSSR count). The second kappa shape index (κ2) is 8.12. The number of hydrogen-bond acceptors (Lipinski definition) is 4. The number of amides is 1. The number of benzene rings is 1. The Morgan fingerprint density at radius 1 is 1.08 bits per heavy atom. The molecular weight excluding hydrogens is 314 g/mol. The molecule has 0 unspecified atom stereocenters. The molecule has 1 aliphatic heterocycles. The van der Waals surface area contributed by atoms with E-state index in [2.05, 4.69) is 16.0 Å². The first-order chi connectivity index (χ1) is 12.1. The van der Waals surface area contributed by atoms with E-state index in [1.165, 1.54) is 5.56 Å². The normalized spacial score (nSPS) is 15.2. The summed E-state index contributed by atoms with van der Waals surface area (Å²) in [7, 11) is 0. The Bertz CT molecular complexity index is 690. The number of hydrogen-bond donors (Lipinski definition) is 0. The standard InChI is InChI=1S/C20H25N3O2/c1-16-5-3-6-17(2)20(16)25-15-19(24)23-11-9-22(10-12-23)14-18-7-4-8-21-13-18/h3-8,13H,9-12,14-15H2,1-2H3. The molecule has 0 spiro atoms. The number of nitrogens with zero attached hydrogens (tertiary/aromatic N) is 3. The monoisotopic (exact) mass is 339 g/mol. The van der Waals surface area contributed by atoms with Crippen LogP contribution in [0.25, 0.3) is 0 Å². The van der Waals surface area contributed by atoms with Gasteiger partial charge in [0.05, 0.1) is 0 Å². The van der Waals surface area contributed by atoms with Crippen LogP contribution >= 0.6 is 0 Å². The Hall–Kier alpha value is -2.40. The number of ether oxygens (including phenoxy) is 1. The lowest BCUT2D eigenvalue weighted by molar-refractivity contribution is -0.135. The SMILES string of the molecule is Cc1cccc(C)c1OCC(=O)N1CCN(Cc2cccnc2)CC1. The molecule has 0 atom stereocenters. The van der Waals surface area contributed by atoms with Crippen LogP contribution in [0.15, 0.2) is 42.7 Å². The van der Waals surface area contributed by atoms with Gasteiger partial charge in [-0.3, -0.25) is 14.7 Å². The number of para-hydroxylation sites is 1. The van der Waals surface area contributed by atoms with Crippen LogP contribution in [0.2, 0.25) is 0 Å². The Kier molecular flexibility index (Phi) is 5.66. The van der Waals surface area contributed by atoms with Crippen molar-refractivity contribution in [3.05, 3.63) is 59.4 Å². The van der Waals surface area contributed by atoms with Crippen LogP contribution in [0.5, 0.6) is 5.75 Å². The molecule has 25 heavy (non-hydrogen) atoms. The smallest absolute Gasteiger partial charge is 0.260 e. The van der Waals surface area contributed by atoms with Gasteiger partial charge in [-0.25, -0.2) is 0 Å². The topological polar surface area (TPSA) is 45.7 Å². The van der Waals surface area contributed by atoms with Crippen LogP contribution < -0.4 is 4.74 Å². The summed E-state index contributed by atoms with van der Waals surface area (Å²) in [5.74, 6) is 0.884. The Labute approximate surface area is 149 Å². The second-order valence-corrected chi connectivity index (χ2v) is 6.53. The third-order valence-electron chi connectivity index (χ3n) is 4.60. The van der Waals surface area contributed by atoms with Gasteiger partial charge < -0.3 is 9.64 Å². The molecule has 5 heteroatoms. The van der Waals surface area contributed by atoms with Crippen LogP contribution in [0.3, 0.4) is 0 Å². The maximum Gasteiger partial charge on any atom is 0.260 e. The molecule has 2 heterocycles. The molecule has 0 aliphatic carbocycles. The third-order valence-corrected chi connectivity index (χ3v) is 4.60. The predicted molar refractivity (Wildman–Crippen MR) is 97.5 cm³/mol. The minimum Gasteiger partial charge on any atom is -0.483 e. The summed E-state index contributed by atoms with van der Waals surface area (Å²) in [5.41, 5.74) is 3.34. The van der Waals surface area contributed by atoms with Gasteiger partial charge in [0.25, 0.3) is 5.91 Å². The lowest BCUT2D eigenvalue weighted by atomic mass is 10.1. The van der Waals surface area contributed by atoms with Gasteiger partial charge in [-0.15, -0.1) is 0 Å². The van der Waals surface area contributed by atoms with E-state index >= 15 is 0 Å². The van der Waals surface area contributed by atoms with Crippen LogP contribution in [-0.4, -0.2) is 53.5 Å². The molecule has 132 valence electrons. The summed E-state index contributed by atoms with van der Waals surface area (Å²) in [4.78, 5) is 20.8. The van der Waals surface area contributed by atoms with Crippen molar-refractivity contribution in [2.75, 3.05) is 32.8 Å². The molecule has 1 aromatic carbocycles. The van der Waals surface area contributed by atoms with Gasteiger partial charge in [-0.05, 0) is 36.6 Å². The molecule has 1 amide bonds.